The molecular weight excluding hydrogens is 248 g/mol. The highest BCUT2D eigenvalue weighted by Crippen LogP contribution is 2.23. The number of nitrogens with zero attached hydrogens (tertiary/aromatic N) is 1. The number of rotatable bonds is 3. The Morgan fingerprint density at radius 3 is 2.78 bits per heavy atom. The van der Waals surface area contributed by atoms with Crippen LogP contribution in [0.15, 0.2) is 29.2 Å². The van der Waals surface area contributed by atoms with Crippen LogP contribution in [0.25, 0.3) is 0 Å². The minimum atomic E-state index is -3.38. The maximum Gasteiger partial charge on any atom is 0.243 e. The Balaban J connectivity index is 2.35. The van der Waals surface area contributed by atoms with E-state index in [2.05, 4.69) is 0 Å². The van der Waals surface area contributed by atoms with Crippen LogP contribution in [0.3, 0.4) is 0 Å². The van der Waals surface area contributed by atoms with E-state index in [1.165, 1.54) is 4.31 Å². The largest absolute Gasteiger partial charge is 0.327 e. The zero-order valence-corrected chi connectivity index (χ0v) is 11.5. The van der Waals surface area contributed by atoms with Crippen LogP contribution in [0.4, 0.5) is 0 Å². The average molecular weight is 268 g/mol. The van der Waals surface area contributed by atoms with Crippen LogP contribution in [-0.4, -0.2) is 31.9 Å². The zero-order valence-electron chi connectivity index (χ0n) is 10.7. The Hall–Kier alpha value is -0.910. The van der Waals surface area contributed by atoms with E-state index in [4.69, 9.17) is 5.73 Å². The predicted octanol–water partition coefficient (Wildman–Crippen LogP) is 1.36. The lowest BCUT2D eigenvalue weighted by Gasteiger charge is -2.30. The maximum absolute atomic E-state index is 12.6. The van der Waals surface area contributed by atoms with Crippen molar-refractivity contribution < 1.29 is 8.42 Å². The molecule has 5 heteroatoms. The molecule has 1 aromatic carbocycles. The van der Waals surface area contributed by atoms with Crippen molar-refractivity contribution in [1.29, 1.82) is 0 Å². The minimum absolute atomic E-state index is 0.0395. The van der Waals surface area contributed by atoms with Gasteiger partial charge in [0.05, 0.1) is 4.90 Å². The number of hydrogen-bond acceptors (Lipinski definition) is 3. The van der Waals surface area contributed by atoms with Crippen LogP contribution in [0.2, 0.25) is 0 Å². The Bertz CT molecular complexity index is 513. The molecule has 1 aliphatic rings. The summed E-state index contributed by atoms with van der Waals surface area (Å²) in [7, 11) is -3.38. The van der Waals surface area contributed by atoms with Crippen molar-refractivity contribution in [3.63, 3.8) is 0 Å². The van der Waals surface area contributed by atoms with E-state index in [9.17, 15) is 8.42 Å². The van der Waals surface area contributed by atoms with E-state index in [-0.39, 0.29) is 6.04 Å². The summed E-state index contributed by atoms with van der Waals surface area (Å²) in [6.07, 6.45) is 2.46. The first-order chi connectivity index (χ1) is 8.55. The number of aryl methyl sites for hydroxylation is 1. The monoisotopic (exact) mass is 268 g/mol. The molecule has 1 fully saturated rings. The molecule has 0 saturated carbocycles. The first-order valence-corrected chi connectivity index (χ1v) is 7.83. The molecule has 0 bridgehead atoms. The molecule has 1 atom stereocenters. The van der Waals surface area contributed by atoms with Crippen molar-refractivity contribution in [2.24, 2.45) is 5.73 Å². The average Bonchev–Trinajstić information content (AvgIpc) is 2.38. The second-order valence-corrected chi connectivity index (χ2v) is 6.63. The molecule has 0 spiro atoms. The van der Waals surface area contributed by atoms with Crippen molar-refractivity contribution >= 4 is 10.0 Å². The third kappa shape index (κ3) is 2.58. The Labute approximate surface area is 109 Å². The number of piperidine rings is 1. The second kappa shape index (κ2) is 5.38. The molecule has 2 N–H and O–H groups in total. The fourth-order valence-corrected chi connectivity index (χ4v) is 4.21. The summed E-state index contributed by atoms with van der Waals surface area (Å²) in [5.74, 6) is 0. The van der Waals surface area contributed by atoms with E-state index in [1.807, 2.05) is 19.1 Å². The molecule has 1 heterocycles. The fraction of sp³-hybridized carbons (Fsp3) is 0.538. The van der Waals surface area contributed by atoms with E-state index in [1.54, 1.807) is 12.1 Å². The molecule has 2 rings (SSSR count). The molecule has 0 radical (unpaired) electrons. The quantitative estimate of drug-likeness (QED) is 0.900. The van der Waals surface area contributed by atoms with Gasteiger partial charge >= 0.3 is 0 Å². The Morgan fingerprint density at radius 1 is 1.39 bits per heavy atom. The summed E-state index contributed by atoms with van der Waals surface area (Å²) in [4.78, 5) is 0.432. The first kappa shape index (κ1) is 13.5. The molecule has 1 saturated heterocycles. The second-order valence-electron chi connectivity index (χ2n) is 4.73. The van der Waals surface area contributed by atoms with E-state index < -0.39 is 10.0 Å². The van der Waals surface area contributed by atoms with Gasteiger partial charge in [0.2, 0.25) is 10.0 Å². The summed E-state index contributed by atoms with van der Waals surface area (Å²) in [6, 6.07) is 7.17. The molecule has 1 aromatic rings. The van der Waals surface area contributed by atoms with Gasteiger partial charge in [-0.15, -0.1) is 0 Å². The lowest BCUT2D eigenvalue weighted by molar-refractivity contribution is 0.316. The third-order valence-corrected chi connectivity index (χ3v) is 5.36. The van der Waals surface area contributed by atoms with E-state index in [0.717, 1.165) is 24.8 Å². The van der Waals surface area contributed by atoms with Crippen molar-refractivity contribution in [2.75, 3.05) is 13.1 Å². The van der Waals surface area contributed by atoms with Crippen LogP contribution in [-0.2, 0) is 16.4 Å². The molecule has 100 valence electrons. The molecule has 1 unspecified atom stereocenters. The highest BCUT2D eigenvalue weighted by atomic mass is 32.2. The van der Waals surface area contributed by atoms with Gasteiger partial charge in [0, 0.05) is 19.1 Å². The molecule has 18 heavy (non-hydrogen) atoms. The van der Waals surface area contributed by atoms with Crippen LogP contribution >= 0.6 is 0 Å². The summed E-state index contributed by atoms with van der Waals surface area (Å²) in [6.45, 7) is 2.98. The van der Waals surface area contributed by atoms with Crippen LogP contribution in [0.1, 0.15) is 25.3 Å². The Morgan fingerprint density at radius 2 is 2.11 bits per heavy atom. The van der Waals surface area contributed by atoms with Gasteiger partial charge in [0.15, 0.2) is 0 Å². The summed E-state index contributed by atoms with van der Waals surface area (Å²) < 4.78 is 26.7. The van der Waals surface area contributed by atoms with Crippen molar-refractivity contribution in [3.05, 3.63) is 29.8 Å². The first-order valence-electron chi connectivity index (χ1n) is 6.39. The fourth-order valence-electron chi connectivity index (χ4n) is 2.38. The van der Waals surface area contributed by atoms with Gasteiger partial charge in [0.1, 0.15) is 0 Å². The summed E-state index contributed by atoms with van der Waals surface area (Å²) in [5, 5.41) is 0. The van der Waals surface area contributed by atoms with Crippen LogP contribution in [0.5, 0.6) is 0 Å². The molecule has 0 aromatic heterocycles. The highest BCUT2D eigenvalue weighted by Gasteiger charge is 2.29. The van der Waals surface area contributed by atoms with Crippen molar-refractivity contribution in [1.82, 2.24) is 4.31 Å². The molecule has 4 nitrogen and oxygen atoms in total. The maximum atomic E-state index is 12.6. The van der Waals surface area contributed by atoms with Gasteiger partial charge in [-0.05, 0) is 30.9 Å². The highest BCUT2D eigenvalue weighted by molar-refractivity contribution is 7.89. The predicted molar refractivity (Wildman–Crippen MR) is 71.8 cm³/mol. The van der Waals surface area contributed by atoms with Crippen LogP contribution in [0, 0.1) is 0 Å². The van der Waals surface area contributed by atoms with Gasteiger partial charge < -0.3 is 5.73 Å². The van der Waals surface area contributed by atoms with Gasteiger partial charge in [-0.2, -0.15) is 4.31 Å². The Kier molecular flexibility index (Phi) is 4.04. The van der Waals surface area contributed by atoms with Gasteiger partial charge in [-0.25, -0.2) is 8.42 Å². The molecule has 1 aliphatic heterocycles. The topological polar surface area (TPSA) is 63.4 Å². The lowest BCUT2D eigenvalue weighted by atomic mass is 10.1. The van der Waals surface area contributed by atoms with Crippen molar-refractivity contribution in [2.45, 2.75) is 37.1 Å². The SMILES string of the molecule is CCc1ccccc1S(=O)(=O)N1CCCC(N)C1. The molecule has 0 aliphatic carbocycles. The standard InChI is InChI=1S/C13H20N2O2S/c1-2-11-6-3-4-8-13(11)18(16,17)15-9-5-7-12(14)10-15/h3-4,6,8,12H,2,5,7,9-10,14H2,1H3. The van der Waals surface area contributed by atoms with E-state index in [0.29, 0.717) is 18.0 Å². The van der Waals surface area contributed by atoms with Gasteiger partial charge in [0.25, 0.3) is 0 Å². The van der Waals surface area contributed by atoms with Crippen molar-refractivity contribution in [3.8, 4) is 0 Å². The van der Waals surface area contributed by atoms with Gasteiger partial charge in [-0.3, -0.25) is 0 Å². The minimum Gasteiger partial charge on any atom is -0.327 e. The smallest absolute Gasteiger partial charge is 0.243 e. The number of hydrogen-bond donors (Lipinski definition) is 1. The summed E-state index contributed by atoms with van der Waals surface area (Å²) >= 11 is 0. The van der Waals surface area contributed by atoms with Crippen LogP contribution < -0.4 is 5.73 Å². The third-order valence-electron chi connectivity index (χ3n) is 3.39. The van der Waals surface area contributed by atoms with E-state index >= 15 is 0 Å². The number of benzene rings is 1. The normalized spacial score (nSPS) is 22.0. The van der Waals surface area contributed by atoms with Gasteiger partial charge in [-0.1, -0.05) is 25.1 Å². The number of nitrogens with two attached hydrogens (primary N) is 1. The summed E-state index contributed by atoms with van der Waals surface area (Å²) in [5.41, 5.74) is 6.74. The zero-order chi connectivity index (χ0) is 13.2. The lowest BCUT2D eigenvalue weighted by Crippen LogP contribution is -2.45. The number of sulfonamides is 1. The molecule has 0 amide bonds. The molecular formula is C13H20N2O2S.